The molecule has 0 spiro atoms. The lowest BCUT2D eigenvalue weighted by Gasteiger charge is -2.30. The van der Waals surface area contributed by atoms with E-state index in [4.69, 9.17) is 0 Å². The van der Waals surface area contributed by atoms with Gasteiger partial charge in [-0.1, -0.05) is 6.92 Å². The van der Waals surface area contributed by atoms with Crippen LogP contribution in [0.4, 0.5) is 18.9 Å². The lowest BCUT2D eigenvalue weighted by atomic mass is 10.0. The quantitative estimate of drug-likeness (QED) is 0.917. The first-order valence-corrected chi connectivity index (χ1v) is 7.54. The van der Waals surface area contributed by atoms with Gasteiger partial charge in [0, 0.05) is 25.2 Å². The van der Waals surface area contributed by atoms with Crippen LogP contribution in [-0.2, 0) is 11.0 Å². The fourth-order valence-corrected chi connectivity index (χ4v) is 2.72. The molecule has 1 saturated heterocycles. The molecule has 1 amide bonds. The van der Waals surface area contributed by atoms with E-state index in [-0.39, 0.29) is 5.91 Å². The van der Waals surface area contributed by atoms with Crippen LogP contribution in [0.5, 0.6) is 0 Å². The number of hydrogen-bond donors (Lipinski definition) is 1. The Morgan fingerprint density at radius 3 is 2.59 bits per heavy atom. The zero-order chi connectivity index (χ0) is 16.2. The summed E-state index contributed by atoms with van der Waals surface area (Å²) in [5.41, 5.74) is -0.321. The van der Waals surface area contributed by atoms with E-state index in [0.29, 0.717) is 24.6 Å². The van der Waals surface area contributed by atoms with Crippen LogP contribution in [0.1, 0.15) is 31.7 Å². The van der Waals surface area contributed by atoms with Crippen molar-refractivity contribution < 1.29 is 18.0 Å². The normalized spacial score (nSPS) is 19.9. The van der Waals surface area contributed by atoms with Gasteiger partial charge in [0.1, 0.15) is 0 Å². The minimum absolute atomic E-state index is 0.169. The fourth-order valence-electron chi connectivity index (χ4n) is 2.72. The molecule has 1 unspecified atom stereocenters. The number of benzene rings is 1. The Kier molecular flexibility index (Phi) is 5.45. The summed E-state index contributed by atoms with van der Waals surface area (Å²) in [6, 6.07) is 4.51. The molecular weight excluding hydrogens is 293 g/mol. The molecule has 1 heterocycles. The molecule has 1 aromatic carbocycles. The third kappa shape index (κ3) is 5.02. The highest BCUT2D eigenvalue weighted by Crippen LogP contribution is 2.29. The van der Waals surface area contributed by atoms with Gasteiger partial charge in [0.2, 0.25) is 5.91 Å². The first-order valence-electron chi connectivity index (χ1n) is 7.54. The van der Waals surface area contributed by atoms with Crippen LogP contribution in [0.2, 0.25) is 0 Å². The molecule has 1 aromatic rings. The zero-order valence-corrected chi connectivity index (χ0v) is 12.6. The van der Waals surface area contributed by atoms with Gasteiger partial charge < -0.3 is 10.2 Å². The molecule has 0 aliphatic carbocycles. The molecule has 3 nitrogen and oxygen atoms in total. The fraction of sp³-hybridized carbons (Fsp3) is 0.562. The predicted molar refractivity (Wildman–Crippen MR) is 79.5 cm³/mol. The monoisotopic (exact) mass is 314 g/mol. The van der Waals surface area contributed by atoms with Crippen LogP contribution in [0.15, 0.2) is 24.3 Å². The average Bonchev–Trinajstić information content (AvgIpc) is 2.45. The maximum absolute atomic E-state index is 12.4. The number of hydrogen-bond acceptors (Lipinski definition) is 2. The van der Waals surface area contributed by atoms with Crippen molar-refractivity contribution in [2.24, 2.45) is 5.92 Å². The van der Waals surface area contributed by atoms with Crippen molar-refractivity contribution in [3.05, 3.63) is 29.8 Å². The van der Waals surface area contributed by atoms with Gasteiger partial charge in [0.25, 0.3) is 0 Å². The topological polar surface area (TPSA) is 32.3 Å². The number of likely N-dealkylation sites (tertiary alicyclic amines) is 1. The number of carbonyl (C=O) groups is 1. The standard InChI is InChI=1S/C16H21F3N2O/c1-12-3-2-9-21(11-12)10-8-15(22)20-14-6-4-13(5-7-14)16(17,18)19/h4-7,12H,2-3,8-11H2,1H3,(H,20,22). The lowest BCUT2D eigenvalue weighted by Crippen LogP contribution is -2.36. The summed E-state index contributed by atoms with van der Waals surface area (Å²) >= 11 is 0. The van der Waals surface area contributed by atoms with E-state index >= 15 is 0 Å². The Hall–Kier alpha value is -1.56. The van der Waals surface area contributed by atoms with Gasteiger partial charge >= 0.3 is 6.18 Å². The number of nitrogens with zero attached hydrogens (tertiary/aromatic N) is 1. The Morgan fingerprint density at radius 2 is 2.00 bits per heavy atom. The summed E-state index contributed by atoms with van der Waals surface area (Å²) in [7, 11) is 0. The van der Waals surface area contributed by atoms with E-state index < -0.39 is 11.7 Å². The molecule has 0 bridgehead atoms. The average molecular weight is 314 g/mol. The predicted octanol–water partition coefficient (Wildman–Crippen LogP) is 3.77. The summed E-state index contributed by atoms with van der Waals surface area (Å²) in [5, 5.41) is 2.64. The van der Waals surface area contributed by atoms with Crippen molar-refractivity contribution in [2.75, 3.05) is 25.0 Å². The number of piperidine rings is 1. The molecule has 22 heavy (non-hydrogen) atoms. The summed E-state index contributed by atoms with van der Waals surface area (Å²) in [4.78, 5) is 14.1. The van der Waals surface area contributed by atoms with Crippen molar-refractivity contribution in [1.29, 1.82) is 0 Å². The Labute approximate surface area is 128 Å². The van der Waals surface area contributed by atoms with Crippen LogP contribution in [0.25, 0.3) is 0 Å². The van der Waals surface area contributed by atoms with Gasteiger partial charge in [0.05, 0.1) is 5.56 Å². The van der Waals surface area contributed by atoms with Crippen molar-refractivity contribution in [2.45, 2.75) is 32.4 Å². The molecule has 0 aromatic heterocycles. The highest BCUT2D eigenvalue weighted by molar-refractivity contribution is 5.90. The largest absolute Gasteiger partial charge is 0.416 e. The number of rotatable bonds is 4. The van der Waals surface area contributed by atoms with Crippen LogP contribution >= 0.6 is 0 Å². The summed E-state index contributed by atoms with van der Waals surface area (Å²) in [6.45, 7) is 4.91. The molecule has 1 aliphatic rings. The van der Waals surface area contributed by atoms with Crippen molar-refractivity contribution in [1.82, 2.24) is 4.90 Å². The van der Waals surface area contributed by atoms with Gasteiger partial charge in [-0.25, -0.2) is 0 Å². The highest BCUT2D eigenvalue weighted by atomic mass is 19.4. The minimum Gasteiger partial charge on any atom is -0.326 e. The van der Waals surface area contributed by atoms with Gasteiger partial charge in [-0.05, 0) is 49.6 Å². The summed E-state index contributed by atoms with van der Waals surface area (Å²) < 4.78 is 37.3. The van der Waals surface area contributed by atoms with E-state index in [0.717, 1.165) is 31.6 Å². The smallest absolute Gasteiger partial charge is 0.326 e. The van der Waals surface area contributed by atoms with Gasteiger partial charge in [-0.3, -0.25) is 4.79 Å². The van der Waals surface area contributed by atoms with Crippen molar-refractivity contribution in [3.63, 3.8) is 0 Å². The molecule has 6 heteroatoms. The highest BCUT2D eigenvalue weighted by Gasteiger charge is 2.30. The summed E-state index contributed by atoms with van der Waals surface area (Å²) in [6.07, 6.45) is -1.61. The number of alkyl halides is 3. The minimum atomic E-state index is -4.35. The third-order valence-corrected chi connectivity index (χ3v) is 3.89. The van der Waals surface area contributed by atoms with Crippen LogP contribution < -0.4 is 5.32 Å². The van der Waals surface area contributed by atoms with E-state index in [1.54, 1.807) is 0 Å². The number of anilines is 1. The first-order chi connectivity index (χ1) is 10.3. The zero-order valence-electron chi connectivity index (χ0n) is 12.6. The van der Waals surface area contributed by atoms with E-state index in [1.165, 1.54) is 18.6 Å². The Balaban J connectivity index is 1.79. The Morgan fingerprint density at radius 1 is 1.32 bits per heavy atom. The lowest BCUT2D eigenvalue weighted by molar-refractivity contribution is -0.137. The molecular formula is C16H21F3N2O. The second-order valence-electron chi connectivity index (χ2n) is 5.92. The van der Waals surface area contributed by atoms with Crippen LogP contribution in [-0.4, -0.2) is 30.4 Å². The number of nitrogens with one attached hydrogen (secondary N) is 1. The molecule has 1 fully saturated rings. The molecule has 0 radical (unpaired) electrons. The van der Waals surface area contributed by atoms with Gasteiger partial charge in [0.15, 0.2) is 0 Å². The first kappa shape index (κ1) is 16.8. The number of amides is 1. The maximum atomic E-state index is 12.4. The van der Waals surface area contributed by atoms with Gasteiger partial charge in [-0.15, -0.1) is 0 Å². The molecule has 1 N–H and O–H groups in total. The molecule has 1 atom stereocenters. The van der Waals surface area contributed by atoms with Crippen molar-refractivity contribution in [3.8, 4) is 0 Å². The number of carbonyl (C=O) groups excluding carboxylic acids is 1. The summed E-state index contributed by atoms with van der Waals surface area (Å²) in [5.74, 6) is 0.490. The van der Waals surface area contributed by atoms with E-state index in [2.05, 4.69) is 17.1 Å². The maximum Gasteiger partial charge on any atom is 0.416 e. The van der Waals surface area contributed by atoms with E-state index in [9.17, 15) is 18.0 Å². The molecule has 0 saturated carbocycles. The molecule has 1 aliphatic heterocycles. The second-order valence-corrected chi connectivity index (χ2v) is 5.92. The van der Waals surface area contributed by atoms with Gasteiger partial charge in [-0.2, -0.15) is 13.2 Å². The van der Waals surface area contributed by atoms with Crippen LogP contribution in [0.3, 0.4) is 0 Å². The molecule has 2 rings (SSSR count). The number of halogens is 3. The van der Waals surface area contributed by atoms with Crippen molar-refractivity contribution >= 4 is 11.6 Å². The third-order valence-electron chi connectivity index (χ3n) is 3.89. The van der Waals surface area contributed by atoms with Crippen LogP contribution in [0, 0.1) is 5.92 Å². The molecule has 122 valence electrons. The SMILES string of the molecule is CC1CCCN(CCC(=O)Nc2ccc(C(F)(F)F)cc2)C1. The second kappa shape index (κ2) is 7.13. The Bertz CT molecular complexity index is 499. The van der Waals surface area contributed by atoms with E-state index in [1.807, 2.05) is 0 Å².